The molecule has 2 rings (SSSR count). The van der Waals surface area contributed by atoms with Crippen LogP contribution in [0.15, 0.2) is 0 Å². The second-order valence-electron chi connectivity index (χ2n) is 5.70. The zero-order chi connectivity index (χ0) is 13.2. The van der Waals surface area contributed by atoms with E-state index in [4.69, 9.17) is 0 Å². The Kier molecular flexibility index (Phi) is 4.54. The molecule has 1 aliphatic carbocycles. The summed E-state index contributed by atoms with van der Waals surface area (Å²) < 4.78 is 37.7. The molecule has 1 saturated heterocycles. The SMILES string of the molecule is CNC1CCCC1CCN1CCC(C(F)(F)F)C1. The third-order valence-corrected chi connectivity index (χ3v) is 4.58. The van der Waals surface area contributed by atoms with E-state index in [1.54, 1.807) is 0 Å². The van der Waals surface area contributed by atoms with Crippen LogP contribution in [0.3, 0.4) is 0 Å². The number of hydrogen-bond donors (Lipinski definition) is 1. The predicted octanol–water partition coefficient (Wildman–Crippen LogP) is 2.65. The molecule has 5 heteroatoms. The highest BCUT2D eigenvalue weighted by Crippen LogP contribution is 2.34. The minimum Gasteiger partial charge on any atom is -0.317 e. The van der Waals surface area contributed by atoms with Gasteiger partial charge in [0.15, 0.2) is 0 Å². The molecule has 1 N–H and O–H groups in total. The van der Waals surface area contributed by atoms with Crippen LogP contribution in [0.4, 0.5) is 13.2 Å². The molecule has 0 amide bonds. The molecule has 0 radical (unpaired) electrons. The summed E-state index contributed by atoms with van der Waals surface area (Å²) in [6, 6.07) is 0.575. The average Bonchev–Trinajstić information content (AvgIpc) is 2.94. The fraction of sp³-hybridized carbons (Fsp3) is 1.00. The van der Waals surface area contributed by atoms with Crippen LogP contribution in [0.1, 0.15) is 32.1 Å². The van der Waals surface area contributed by atoms with Gasteiger partial charge in [-0.05, 0) is 51.7 Å². The molecule has 2 aliphatic rings. The molecule has 0 aromatic heterocycles. The van der Waals surface area contributed by atoms with Crippen molar-refractivity contribution in [3.05, 3.63) is 0 Å². The largest absolute Gasteiger partial charge is 0.393 e. The summed E-state index contributed by atoms with van der Waals surface area (Å²) in [4.78, 5) is 1.99. The van der Waals surface area contributed by atoms with Crippen molar-refractivity contribution < 1.29 is 13.2 Å². The molecule has 1 aliphatic heterocycles. The fourth-order valence-corrected chi connectivity index (χ4v) is 3.41. The summed E-state index contributed by atoms with van der Waals surface area (Å²) in [5.74, 6) is -0.443. The lowest BCUT2D eigenvalue weighted by atomic mass is 9.99. The summed E-state index contributed by atoms with van der Waals surface area (Å²) in [7, 11) is 1.98. The Morgan fingerprint density at radius 3 is 2.61 bits per heavy atom. The van der Waals surface area contributed by atoms with Crippen molar-refractivity contribution in [1.82, 2.24) is 10.2 Å². The number of halogens is 3. The normalized spacial score (nSPS) is 34.3. The van der Waals surface area contributed by atoms with Crippen LogP contribution in [-0.2, 0) is 0 Å². The van der Waals surface area contributed by atoms with Gasteiger partial charge in [-0.25, -0.2) is 0 Å². The molecule has 0 aromatic carbocycles. The van der Waals surface area contributed by atoms with Crippen LogP contribution in [0.2, 0.25) is 0 Å². The third kappa shape index (κ3) is 3.38. The van der Waals surface area contributed by atoms with Crippen LogP contribution in [0.5, 0.6) is 0 Å². The first-order valence-corrected chi connectivity index (χ1v) is 6.97. The van der Waals surface area contributed by atoms with Crippen molar-refractivity contribution in [3.8, 4) is 0 Å². The van der Waals surface area contributed by atoms with Crippen LogP contribution >= 0.6 is 0 Å². The lowest BCUT2D eigenvalue weighted by Crippen LogP contribution is -2.33. The second kappa shape index (κ2) is 5.78. The molecule has 0 spiro atoms. The van der Waals surface area contributed by atoms with Gasteiger partial charge in [0, 0.05) is 12.6 Å². The maximum Gasteiger partial charge on any atom is 0.393 e. The Labute approximate surface area is 107 Å². The molecular weight excluding hydrogens is 241 g/mol. The van der Waals surface area contributed by atoms with E-state index in [0.29, 0.717) is 18.5 Å². The van der Waals surface area contributed by atoms with Crippen molar-refractivity contribution in [3.63, 3.8) is 0 Å². The summed E-state index contributed by atoms with van der Waals surface area (Å²) >= 11 is 0. The number of likely N-dealkylation sites (tertiary alicyclic amines) is 1. The molecule has 3 atom stereocenters. The van der Waals surface area contributed by atoms with Crippen LogP contribution < -0.4 is 5.32 Å². The van der Waals surface area contributed by atoms with E-state index >= 15 is 0 Å². The van der Waals surface area contributed by atoms with Gasteiger partial charge >= 0.3 is 6.18 Å². The van der Waals surface area contributed by atoms with Gasteiger partial charge in [-0.15, -0.1) is 0 Å². The van der Waals surface area contributed by atoms with Crippen molar-refractivity contribution in [1.29, 1.82) is 0 Å². The van der Waals surface area contributed by atoms with Gasteiger partial charge in [0.25, 0.3) is 0 Å². The van der Waals surface area contributed by atoms with Gasteiger partial charge < -0.3 is 10.2 Å². The minimum absolute atomic E-state index is 0.209. The molecule has 2 nitrogen and oxygen atoms in total. The Balaban J connectivity index is 1.72. The molecule has 1 saturated carbocycles. The lowest BCUT2D eigenvalue weighted by Gasteiger charge is -2.23. The predicted molar refractivity (Wildman–Crippen MR) is 65.4 cm³/mol. The van der Waals surface area contributed by atoms with Crippen LogP contribution in [0, 0.1) is 11.8 Å². The third-order valence-electron chi connectivity index (χ3n) is 4.58. The standard InChI is InChI=1S/C13H23F3N2/c1-17-12-4-2-3-10(12)5-7-18-8-6-11(9-18)13(14,15)16/h10-12,17H,2-9H2,1H3. The molecule has 0 aromatic rings. The van der Waals surface area contributed by atoms with Crippen molar-refractivity contribution in [2.24, 2.45) is 11.8 Å². The number of rotatable bonds is 4. The van der Waals surface area contributed by atoms with Crippen molar-refractivity contribution >= 4 is 0 Å². The monoisotopic (exact) mass is 264 g/mol. The fourth-order valence-electron chi connectivity index (χ4n) is 3.41. The Bertz CT molecular complexity index is 267. The topological polar surface area (TPSA) is 15.3 Å². The molecule has 2 fully saturated rings. The molecule has 0 bridgehead atoms. The second-order valence-corrected chi connectivity index (χ2v) is 5.70. The Morgan fingerprint density at radius 2 is 2.00 bits per heavy atom. The highest BCUT2D eigenvalue weighted by atomic mass is 19.4. The first-order chi connectivity index (χ1) is 8.50. The summed E-state index contributed by atoms with van der Waals surface area (Å²) in [5.41, 5.74) is 0. The van der Waals surface area contributed by atoms with Gasteiger partial charge in [-0.1, -0.05) is 6.42 Å². The number of nitrogens with one attached hydrogen (secondary N) is 1. The van der Waals surface area contributed by atoms with E-state index in [1.807, 2.05) is 11.9 Å². The van der Waals surface area contributed by atoms with Crippen molar-refractivity contribution in [2.75, 3.05) is 26.7 Å². The van der Waals surface area contributed by atoms with Gasteiger partial charge in [0.05, 0.1) is 5.92 Å². The van der Waals surface area contributed by atoms with E-state index in [9.17, 15) is 13.2 Å². The highest BCUT2D eigenvalue weighted by molar-refractivity contribution is 4.85. The maximum atomic E-state index is 12.6. The van der Waals surface area contributed by atoms with Gasteiger partial charge in [-0.2, -0.15) is 13.2 Å². The smallest absolute Gasteiger partial charge is 0.317 e. The molecule has 3 unspecified atom stereocenters. The highest BCUT2D eigenvalue weighted by Gasteiger charge is 2.43. The van der Waals surface area contributed by atoms with Gasteiger partial charge in [0.2, 0.25) is 0 Å². The zero-order valence-electron chi connectivity index (χ0n) is 11.0. The van der Waals surface area contributed by atoms with Crippen LogP contribution in [0.25, 0.3) is 0 Å². The minimum atomic E-state index is -4.00. The molecular formula is C13H23F3N2. The van der Waals surface area contributed by atoms with E-state index in [2.05, 4.69) is 5.32 Å². The average molecular weight is 264 g/mol. The Morgan fingerprint density at radius 1 is 1.22 bits per heavy atom. The van der Waals surface area contributed by atoms with E-state index < -0.39 is 12.1 Å². The van der Waals surface area contributed by atoms with E-state index in [0.717, 1.165) is 13.0 Å². The van der Waals surface area contributed by atoms with Crippen molar-refractivity contribution in [2.45, 2.75) is 44.3 Å². The molecule has 18 heavy (non-hydrogen) atoms. The first-order valence-electron chi connectivity index (χ1n) is 6.97. The molecule has 1 heterocycles. The maximum absolute atomic E-state index is 12.6. The van der Waals surface area contributed by atoms with Gasteiger partial charge in [-0.3, -0.25) is 0 Å². The first kappa shape index (κ1) is 14.1. The molecule has 106 valence electrons. The van der Waals surface area contributed by atoms with E-state index in [-0.39, 0.29) is 13.0 Å². The number of hydrogen-bond acceptors (Lipinski definition) is 2. The zero-order valence-corrected chi connectivity index (χ0v) is 11.0. The van der Waals surface area contributed by atoms with Crippen LogP contribution in [-0.4, -0.2) is 43.8 Å². The summed E-state index contributed by atoms with van der Waals surface area (Å²) in [6.45, 7) is 1.65. The Hall–Kier alpha value is -0.290. The van der Waals surface area contributed by atoms with Gasteiger partial charge in [0.1, 0.15) is 0 Å². The van der Waals surface area contributed by atoms with E-state index in [1.165, 1.54) is 19.3 Å². The summed E-state index contributed by atoms with van der Waals surface area (Å²) in [5, 5.41) is 3.32. The number of alkyl halides is 3. The summed E-state index contributed by atoms with van der Waals surface area (Å²) in [6.07, 6.45) is 1.01. The number of nitrogens with zero attached hydrogens (tertiary/aromatic N) is 1. The lowest BCUT2D eigenvalue weighted by molar-refractivity contribution is -0.170. The quantitative estimate of drug-likeness (QED) is 0.839.